The van der Waals surface area contributed by atoms with Crippen LogP contribution in [0, 0.1) is 18.6 Å². The highest BCUT2D eigenvalue weighted by atomic mass is 32.1. The van der Waals surface area contributed by atoms with E-state index in [2.05, 4.69) is 17.2 Å². The molecule has 0 aliphatic carbocycles. The summed E-state index contributed by atoms with van der Waals surface area (Å²) in [5.41, 5.74) is 2.39. The van der Waals surface area contributed by atoms with Crippen molar-refractivity contribution in [2.75, 3.05) is 6.61 Å². The van der Waals surface area contributed by atoms with E-state index in [1.54, 1.807) is 11.3 Å². The second-order valence-electron chi connectivity index (χ2n) is 6.97. The first-order chi connectivity index (χ1) is 14.5. The maximum Gasteiger partial charge on any atom is 0.132 e. The van der Waals surface area contributed by atoms with Gasteiger partial charge in [-0.25, -0.2) is 13.8 Å². The minimum atomic E-state index is -0.606. The standard InChI is InChI=1S/C23H26F2N2O2S/c1-4-28-14-22-27-16(3)23(30-22)15(2)26-12-17-6-5-7-20(10-17)29-13-18-8-9-19(24)11-21(18)25/h5-11,15,26H,4,12-14H2,1-3H3. The van der Waals surface area contributed by atoms with Crippen molar-refractivity contribution >= 4 is 11.3 Å². The minimum Gasteiger partial charge on any atom is -0.489 e. The quantitative estimate of drug-likeness (QED) is 0.447. The number of hydrogen-bond acceptors (Lipinski definition) is 5. The molecule has 0 saturated heterocycles. The Morgan fingerprint density at radius 1 is 1.13 bits per heavy atom. The van der Waals surface area contributed by atoms with Gasteiger partial charge in [-0.05, 0) is 50.6 Å². The predicted octanol–water partition coefficient (Wildman–Crippen LogP) is 5.70. The number of hydrogen-bond donors (Lipinski definition) is 1. The van der Waals surface area contributed by atoms with E-state index in [0.717, 1.165) is 22.3 Å². The first kappa shape index (κ1) is 22.3. The minimum absolute atomic E-state index is 0.0437. The van der Waals surface area contributed by atoms with Gasteiger partial charge in [0.1, 0.15) is 29.0 Å². The van der Waals surface area contributed by atoms with Crippen molar-refractivity contribution in [3.05, 3.63) is 80.8 Å². The summed E-state index contributed by atoms with van der Waals surface area (Å²) in [6.45, 7) is 8.02. The molecule has 30 heavy (non-hydrogen) atoms. The van der Waals surface area contributed by atoms with Crippen LogP contribution in [-0.4, -0.2) is 11.6 Å². The van der Waals surface area contributed by atoms with Gasteiger partial charge in [0.15, 0.2) is 0 Å². The number of nitrogens with zero attached hydrogens (tertiary/aromatic N) is 1. The number of nitrogens with one attached hydrogen (secondary N) is 1. The third kappa shape index (κ3) is 6.08. The summed E-state index contributed by atoms with van der Waals surface area (Å²) in [5, 5.41) is 4.50. The molecule has 1 heterocycles. The molecule has 0 saturated carbocycles. The lowest BCUT2D eigenvalue weighted by atomic mass is 10.2. The number of aromatic nitrogens is 1. The van der Waals surface area contributed by atoms with E-state index in [0.29, 0.717) is 31.1 Å². The zero-order valence-electron chi connectivity index (χ0n) is 17.4. The van der Waals surface area contributed by atoms with Crippen LogP contribution in [0.25, 0.3) is 0 Å². The van der Waals surface area contributed by atoms with E-state index in [1.807, 2.05) is 38.1 Å². The van der Waals surface area contributed by atoms with Gasteiger partial charge in [0.2, 0.25) is 0 Å². The van der Waals surface area contributed by atoms with E-state index in [4.69, 9.17) is 9.47 Å². The smallest absolute Gasteiger partial charge is 0.132 e. The summed E-state index contributed by atoms with van der Waals surface area (Å²) in [5.74, 6) is -0.566. The van der Waals surface area contributed by atoms with Gasteiger partial charge in [-0.1, -0.05) is 12.1 Å². The van der Waals surface area contributed by atoms with Crippen molar-refractivity contribution in [1.82, 2.24) is 10.3 Å². The van der Waals surface area contributed by atoms with E-state index in [9.17, 15) is 8.78 Å². The van der Waals surface area contributed by atoms with Gasteiger partial charge in [-0.3, -0.25) is 0 Å². The molecule has 0 fully saturated rings. The number of benzene rings is 2. The largest absolute Gasteiger partial charge is 0.489 e. The fourth-order valence-corrected chi connectivity index (χ4v) is 4.06. The lowest BCUT2D eigenvalue weighted by molar-refractivity contribution is 0.134. The summed E-state index contributed by atoms with van der Waals surface area (Å²) in [6.07, 6.45) is 0. The number of halogens is 2. The molecule has 0 aliphatic rings. The van der Waals surface area contributed by atoms with Gasteiger partial charge >= 0.3 is 0 Å². The van der Waals surface area contributed by atoms with Crippen molar-refractivity contribution in [3.8, 4) is 5.75 Å². The van der Waals surface area contributed by atoms with Crippen LogP contribution in [0.1, 0.15) is 46.6 Å². The van der Waals surface area contributed by atoms with E-state index in [-0.39, 0.29) is 12.6 Å². The molecular formula is C23H26F2N2O2S. The van der Waals surface area contributed by atoms with Crippen LogP contribution < -0.4 is 10.1 Å². The van der Waals surface area contributed by atoms with Crippen LogP contribution >= 0.6 is 11.3 Å². The molecule has 1 aromatic heterocycles. The maximum absolute atomic E-state index is 13.8. The van der Waals surface area contributed by atoms with Crippen LogP contribution in [-0.2, 0) is 24.5 Å². The lowest BCUT2D eigenvalue weighted by Gasteiger charge is -2.14. The fourth-order valence-electron chi connectivity index (χ4n) is 3.03. The summed E-state index contributed by atoms with van der Waals surface area (Å²) in [7, 11) is 0. The zero-order chi connectivity index (χ0) is 21.5. The monoisotopic (exact) mass is 432 g/mol. The second-order valence-corrected chi connectivity index (χ2v) is 8.08. The molecule has 3 aromatic rings. The van der Waals surface area contributed by atoms with Crippen molar-refractivity contribution in [3.63, 3.8) is 0 Å². The molecule has 7 heteroatoms. The van der Waals surface area contributed by atoms with Crippen LogP contribution in [0.5, 0.6) is 5.75 Å². The molecular weight excluding hydrogens is 406 g/mol. The molecule has 1 unspecified atom stereocenters. The molecule has 2 aromatic carbocycles. The van der Waals surface area contributed by atoms with E-state index >= 15 is 0 Å². The zero-order valence-corrected chi connectivity index (χ0v) is 18.2. The van der Waals surface area contributed by atoms with Gasteiger partial charge in [0.05, 0.1) is 12.3 Å². The Balaban J connectivity index is 1.56. The Hall–Kier alpha value is -2.35. The second kappa shape index (κ2) is 10.6. The van der Waals surface area contributed by atoms with Crippen molar-refractivity contribution in [1.29, 1.82) is 0 Å². The van der Waals surface area contributed by atoms with Gasteiger partial charge < -0.3 is 14.8 Å². The predicted molar refractivity (Wildman–Crippen MR) is 115 cm³/mol. The van der Waals surface area contributed by atoms with Crippen LogP contribution in [0.3, 0.4) is 0 Å². The number of thiazole rings is 1. The van der Waals surface area contributed by atoms with Gasteiger partial charge in [0.25, 0.3) is 0 Å². The van der Waals surface area contributed by atoms with E-state index in [1.165, 1.54) is 17.0 Å². The van der Waals surface area contributed by atoms with Crippen molar-refractivity contribution < 1.29 is 18.3 Å². The summed E-state index contributed by atoms with van der Waals surface area (Å²) in [6, 6.07) is 11.3. The highest BCUT2D eigenvalue weighted by Crippen LogP contribution is 2.26. The fraction of sp³-hybridized carbons (Fsp3) is 0.348. The number of ether oxygens (including phenoxy) is 2. The molecule has 0 bridgehead atoms. The molecule has 160 valence electrons. The molecule has 0 spiro atoms. The lowest BCUT2D eigenvalue weighted by Crippen LogP contribution is -2.17. The average molecular weight is 433 g/mol. The third-order valence-electron chi connectivity index (χ3n) is 4.62. The van der Waals surface area contributed by atoms with Crippen molar-refractivity contribution in [2.45, 2.75) is 46.6 Å². The molecule has 0 amide bonds. The van der Waals surface area contributed by atoms with Crippen molar-refractivity contribution in [2.24, 2.45) is 0 Å². The molecule has 4 nitrogen and oxygen atoms in total. The Morgan fingerprint density at radius 2 is 1.97 bits per heavy atom. The molecule has 1 atom stereocenters. The maximum atomic E-state index is 13.8. The first-order valence-corrected chi connectivity index (χ1v) is 10.7. The Labute approximate surface area is 179 Å². The van der Waals surface area contributed by atoms with E-state index < -0.39 is 11.6 Å². The third-order valence-corrected chi connectivity index (χ3v) is 5.93. The number of aryl methyl sites for hydroxylation is 1. The molecule has 0 radical (unpaired) electrons. The van der Waals surface area contributed by atoms with Crippen LogP contribution in [0.2, 0.25) is 0 Å². The highest BCUT2D eigenvalue weighted by Gasteiger charge is 2.14. The van der Waals surface area contributed by atoms with Crippen LogP contribution in [0.15, 0.2) is 42.5 Å². The van der Waals surface area contributed by atoms with Gasteiger partial charge in [-0.15, -0.1) is 11.3 Å². The van der Waals surface area contributed by atoms with Crippen LogP contribution in [0.4, 0.5) is 8.78 Å². The Bertz CT molecular complexity index is 978. The van der Waals surface area contributed by atoms with Gasteiger partial charge in [-0.2, -0.15) is 0 Å². The van der Waals surface area contributed by atoms with Gasteiger partial charge in [0, 0.05) is 35.7 Å². The Morgan fingerprint density at radius 3 is 2.73 bits per heavy atom. The molecule has 1 N–H and O–H groups in total. The SMILES string of the molecule is CCOCc1nc(C)c(C(C)NCc2cccc(OCc3ccc(F)cc3F)c2)s1. The normalized spacial score (nSPS) is 12.2. The average Bonchev–Trinajstić information content (AvgIpc) is 3.11. The molecule has 3 rings (SSSR count). The summed E-state index contributed by atoms with van der Waals surface area (Å²) < 4.78 is 37.9. The summed E-state index contributed by atoms with van der Waals surface area (Å²) >= 11 is 1.67. The Kier molecular flexibility index (Phi) is 7.90. The topological polar surface area (TPSA) is 43.4 Å². The highest BCUT2D eigenvalue weighted by molar-refractivity contribution is 7.11. The summed E-state index contributed by atoms with van der Waals surface area (Å²) in [4.78, 5) is 5.78. The first-order valence-electron chi connectivity index (χ1n) is 9.89. The number of rotatable bonds is 10. The molecule has 0 aliphatic heterocycles.